The SMILES string of the molecule is CC(Cc1ccc2c(c1)OCO2)N(C)C(=O)[C@@H](Cc1ccccc1)NC(=O)OC(C)(C)C. The van der Waals surface area contributed by atoms with Crippen molar-refractivity contribution in [1.29, 1.82) is 0 Å². The van der Waals surface area contributed by atoms with Crippen LogP contribution in [0.2, 0.25) is 0 Å². The van der Waals surface area contributed by atoms with Gasteiger partial charge >= 0.3 is 6.09 Å². The van der Waals surface area contributed by atoms with Crippen LogP contribution < -0.4 is 14.8 Å². The van der Waals surface area contributed by atoms with Crippen molar-refractivity contribution < 1.29 is 23.8 Å². The average molecular weight is 441 g/mol. The van der Waals surface area contributed by atoms with E-state index in [2.05, 4.69) is 5.32 Å². The third-order valence-corrected chi connectivity index (χ3v) is 5.25. The molecule has 0 radical (unpaired) electrons. The molecule has 172 valence electrons. The number of fused-ring (bicyclic) bond motifs is 1. The van der Waals surface area contributed by atoms with E-state index in [1.165, 1.54) is 0 Å². The van der Waals surface area contributed by atoms with Crippen LogP contribution >= 0.6 is 0 Å². The zero-order valence-corrected chi connectivity index (χ0v) is 19.4. The van der Waals surface area contributed by atoms with Gasteiger partial charge in [0.05, 0.1) is 0 Å². The molecule has 7 nitrogen and oxygen atoms in total. The number of amides is 2. The van der Waals surface area contributed by atoms with Crippen LogP contribution in [0.4, 0.5) is 4.79 Å². The number of hydrogen-bond acceptors (Lipinski definition) is 5. The minimum atomic E-state index is -0.739. The summed E-state index contributed by atoms with van der Waals surface area (Å²) in [7, 11) is 1.76. The Labute approximate surface area is 189 Å². The van der Waals surface area contributed by atoms with Gasteiger partial charge in [0.2, 0.25) is 12.7 Å². The molecule has 3 rings (SSSR count). The average Bonchev–Trinajstić information content (AvgIpc) is 3.19. The lowest BCUT2D eigenvalue weighted by molar-refractivity contribution is -0.133. The Morgan fingerprint density at radius 1 is 1.03 bits per heavy atom. The molecular formula is C25H32N2O5. The molecule has 2 aromatic rings. The summed E-state index contributed by atoms with van der Waals surface area (Å²) >= 11 is 0. The van der Waals surface area contributed by atoms with Crippen LogP contribution in [-0.2, 0) is 22.4 Å². The van der Waals surface area contributed by atoms with Crippen molar-refractivity contribution in [3.8, 4) is 11.5 Å². The summed E-state index contributed by atoms with van der Waals surface area (Å²) in [4.78, 5) is 27.5. The maximum Gasteiger partial charge on any atom is 0.408 e. The van der Waals surface area contributed by atoms with Gasteiger partial charge in [-0.25, -0.2) is 4.79 Å². The fraction of sp³-hybridized carbons (Fsp3) is 0.440. The summed E-state index contributed by atoms with van der Waals surface area (Å²) in [6, 6.07) is 14.6. The Morgan fingerprint density at radius 2 is 1.72 bits per heavy atom. The predicted molar refractivity (Wildman–Crippen MR) is 122 cm³/mol. The van der Waals surface area contributed by atoms with Gasteiger partial charge in [0, 0.05) is 19.5 Å². The number of ether oxygens (including phenoxy) is 3. The number of alkyl carbamates (subject to hydrolysis) is 1. The molecule has 1 aliphatic heterocycles. The quantitative estimate of drug-likeness (QED) is 0.706. The lowest BCUT2D eigenvalue weighted by atomic mass is 10.0. The van der Waals surface area contributed by atoms with E-state index >= 15 is 0 Å². The van der Waals surface area contributed by atoms with Gasteiger partial charge in [-0.15, -0.1) is 0 Å². The Morgan fingerprint density at radius 3 is 2.41 bits per heavy atom. The standard InChI is InChI=1S/C25H32N2O5/c1-17(13-19-11-12-21-22(15-19)31-16-30-21)27(5)23(28)20(14-18-9-7-6-8-10-18)26-24(29)32-25(2,3)4/h6-12,15,17,20H,13-14,16H2,1-5H3,(H,26,29)/t17?,20-/m1/s1. The van der Waals surface area contributed by atoms with Crippen molar-refractivity contribution in [2.75, 3.05) is 13.8 Å². The molecule has 0 saturated carbocycles. The Hall–Kier alpha value is -3.22. The van der Waals surface area contributed by atoms with Crippen LogP contribution in [-0.4, -0.2) is 48.4 Å². The second-order valence-electron chi connectivity index (χ2n) is 9.08. The molecule has 1 N–H and O–H groups in total. The number of benzene rings is 2. The summed E-state index contributed by atoms with van der Waals surface area (Å²) in [6.07, 6.45) is 0.409. The van der Waals surface area contributed by atoms with E-state index in [9.17, 15) is 9.59 Å². The molecule has 7 heteroatoms. The van der Waals surface area contributed by atoms with Crippen LogP contribution in [0.25, 0.3) is 0 Å². The van der Waals surface area contributed by atoms with E-state index in [0.29, 0.717) is 12.8 Å². The molecule has 1 heterocycles. The summed E-state index contributed by atoms with van der Waals surface area (Å²) in [6.45, 7) is 7.58. The van der Waals surface area contributed by atoms with Crippen molar-refractivity contribution in [2.24, 2.45) is 0 Å². The summed E-state index contributed by atoms with van der Waals surface area (Å²) < 4.78 is 16.2. The molecule has 0 saturated heterocycles. The molecule has 0 aliphatic carbocycles. The van der Waals surface area contributed by atoms with Crippen molar-refractivity contribution in [3.63, 3.8) is 0 Å². The van der Waals surface area contributed by atoms with E-state index in [-0.39, 0.29) is 18.7 Å². The fourth-order valence-electron chi connectivity index (χ4n) is 3.51. The maximum absolute atomic E-state index is 13.4. The van der Waals surface area contributed by atoms with Crippen molar-refractivity contribution in [1.82, 2.24) is 10.2 Å². The number of rotatable bonds is 7. The molecule has 0 bridgehead atoms. The second-order valence-corrected chi connectivity index (χ2v) is 9.08. The van der Waals surface area contributed by atoms with Crippen LogP contribution in [0.1, 0.15) is 38.8 Å². The predicted octanol–water partition coefficient (Wildman–Crippen LogP) is 3.94. The molecule has 0 aromatic heterocycles. The lowest BCUT2D eigenvalue weighted by Crippen LogP contribution is -2.52. The summed E-state index contributed by atoms with van der Waals surface area (Å²) in [5.74, 6) is 1.28. The van der Waals surface area contributed by atoms with Crippen molar-refractivity contribution in [2.45, 2.75) is 58.2 Å². The molecule has 0 spiro atoms. The summed E-state index contributed by atoms with van der Waals surface area (Å²) in [5, 5.41) is 2.77. The molecule has 0 fully saturated rings. The van der Waals surface area contributed by atoms with Gasteiger partial charge in [-0.05, 0) is 57.4 Å². The monoisotopic (exact) mass is 440 g/mol. The van der Waals surface area contributed by atoms with Crippen LogP contribution in [0.5, 0.6) is 11.5 Å². The third-order valence-electron chi connectivity index (χ3n) is 5.25. The topological polar surface area (TPSA) is 77.1 Å². The first-order chi connectivity index (χ1) is 15.1. The Bertz CT molecular complexity index is 939. The van der Waals surface area contributed by atoms with Gasteiger partial charge < -0.3 is 24.4 Å². The van der Waals surface area contributed by atoms with E-state index in [4.69, 9.17) is 14.2 Å². The van der Waals surface area contributed by atoms with Gasteiger partial charge in [0.15, 0.2) is 11.5 Å². The minimum absolute atomic E-state index is 0.0958. The van der Waals surface area contributed by atoms with Crippen LogP contribution in [0, 0.1) is 0 Å². The lowest BCUT2D eigenvalue weighted by Gasteiger charge is -2.30. The van der Waals surface area contributed by atoms with E-state index in [0.717, 1.165) is 22.6 Å². The zero-order chi connectivity index (χ0) is 23.3. The first-order valence-corrected chi connectivity index (χ1v) is 10.8. The largest absolute Gasteiger partial charge is 0.454 e. The van der Waals surface area contributed by atoms with Gasteiger partial charge in [-0.1, -0.05) is 36.4 Å². The number of likely N-dealkylation sites (N-methyl/N-ethyl adjacent to an activating group) is 1. The molecule has 32 heavy (non-hydrogen) atoms. The highest BCUT2D eigenvalue weighted by Crippen LogP contribution is 2.33. The van der Waals surface area contributed by atoms with Gasteiger partial charge in [-0.2, -0.15) is 0 Å². The molecule has 2 atom stereocenters. The molecule has 2 amide bonds. The van der Waals surface area contributed by atoms with E-state index in [1.54, 1.807) is 32.7 Å². The highest BCUT2D eigenvalue weighted by Gasteiger charge is 2.29. The van der Waals surface area contributed by atoms with Gasteiger partial charge in [-0.3, -0.25) is 4.79 Å². The van der Waals surface area contributed by atoms with Gasteiger partial charge in [0.1, 0.15) is 11.6 Å². The van der Waals surface area contributed by atoms with Crippen LogP contribution in [0.15, 0.2) is 48.5 Å². The third kappa shape index (κ3) is 6.39. The second kappa shape index (κ2) is 9.94. The normalized spacial score (nSPS) is 14.4. The minimum Gasteiger partial charge on any atom is -0.454 e. The first kappa shape index (κ1) is 23.4. The maximum atomic E-state index is 13.4. The summed E-state index contributed by atoms with van der Waals surface area (Å²) in [5.41, 5.74) is 1.35. The fourth-order valence-corrected chi connectivity index (χ4v) is 3.51. The van der Waals surface area contributed by atoms with Crippen LogP contribution in [0.3, 0.4) is 0 Å². The van der Waals surface area contributed by atoms with E-state index < -0.39 is 17.7 Å². The number of hydrogen-bond donors (Lipinski definition) is 1. The number of nitrogens with one attached hydrogen (secondary N) is 1. The Kier molecular flexibility index (Phi) is 7.28. The van der Waals surface area contributed by atoms with Gasteiger partial charge in [0.25, 0.3) is 0 Å². The van der Waals surface area contributed by atoms with Crippen molar-refractivity contribution >= 4 is 12.0 Å². The molecule has 1 aliphatic rings. The highest BCUT2D eigenvalue weighted by molar-refractivity contribution is 5.86. The smallest absolute Gasteiger partial charge is 0.408 e. The highest BCUT2D eigenvalue weighted by atomic mass is 16.7. The Balaban J connectivity index is 1.70. The number of nitrogens with zero attached hydrogens (tertiary/aromatic N) is 1. The number of carbonyl (C=O) groups excluding carboxylic acids is 2. The first-order valence-electron chi connectivity index (χ1n) is 10.8. The molecule has 1 unspecified atom stereocenters. The van der Waals surface area contributed by atoms with E-state index in [1.807, 2.05) is 55.5 Å². The van der Waals surface area contributed by atoms with Crippen molar-refractivity contribution in [3.05, 3.63) is 59.7 Å². The zero-order valence-electron chi connectivity index (χ0n) is 19.4. The molecule has 2 aromatic carbocycles. The number of carbonyl (C=O) groups is 2. The molecular weight excluding hydrogens is 408 g/mol.